The van der Waals surface area contributed by atoms with Gasteiger partial charge in [-0.1, -0.05) is 13.8 Å². The van der Waals surface area contributed by atoms with Crippen LogP contribution in [-0.4, -0.2) is 12.1 Å². The first-order chi connectivity index (χ1) is 5.02. The first-order valence-electron chi connectivity index (χ1n) is 4.77. The third-order valence-electron chi connectivity index (χ3n) is 2.99. The molecule has 66 valence electrons. The van der Waals surface area contributed by atoms with Crippen LogP contribution in [0.3, 0.4) is 0 Å². The molecule has 0 radical (unpaired) electrons. The third-order valence-corrected chi connectivity index (χ3v) is 2.99. The Balaban J connectivity index is 2.20. The van der Waals surface area contributed by atoms with Crippen molar-refractivity contribution in [1.82, 2.24) is 5.32 Å². The van der Waals surface area contributed by atoms with Gasteiger partial charge in [0.2, 0.25) is 0 Å². The van der Waals surface area contributed by atoms with Crippen LogP contribution in [0.4, 0.5) is 0 Å². The zero-order valence-corrected chi connectivity index (χ0v) is 8.28. The van der Waals surface area contributed by atoms with Gasteiger partial charge in [-0.2, -0.15) is 0 Å². The van der Waals surface area contributed by atoms with Gasteiger partial charge in [-0.15, -0.1) is 0 Å². The highest BCUT2D eigenvalue weighted by molar-refractivity contribution is 4.85. The Kier molecular flexibility index (Phi) is 2.58. The maximum absolute atomic E-state index is 3.62. The predicted molar refractivity (Wildman–Crippen MR) is 49.6 cm³/mol. The van der Waals surface area contributed by atoms with Gasteiger partial charge in [0.25, 0.3) is 0 Å². The molecule has 0 aromatic heterocycles. The Hall–Kier alpha value is -0.0400. The minimum absolute atomic E-state index is 0.322. The average molecular weight is 155 g/mol. The van der Waals surface area contributed by atoms with E-state index in [1.165, 1.54) is 19.4 Å². The van der Waals surface area contributed by atoms with Crippen molar-refractivity contribution in [3.05, 3.63) is 0 Å². The Morgan fingerprint density at radius 2 is 1.91 bits per heavy atom. The fourth-order valence-corrected chi connectivity index (χ4v) is 0.933. The van der Waals surface area contributed by atoms with Gasteiger partial charge in [-0.3, -0.25) is 0 Å². The Labute approximate surface area is 70.6 Å². The first kappa shape index (κ1) is 9.05. The van der Waals surface area contributed by atoms with Gasteiger partial charge in [-0.05, 0) is 45.1 Å². The number of rotatable bonds is 4. The van der Waals surface area contributed by atoms with Crippen LogP contribution < -0.4 is 5.32 Å². The van der Waals surface area contributed by atoms with Crippen LogP contribution in [0.25, 0.3) is 0 Å². The predicted octanol–water partition coefficient (Wildman–Crippen LogP) is 2.42. The van der Waals surface area contributed by atoms with E-state index in [-0.39, 0.29) is 0 Å². The summed E-state index contributed by atoms with van der Waals surface area (Å²) in [5, 5.41) is 3.62. The molecule has 1 heteroatoms. The molecule has 1 aliphatic carbocycles. The van der Waals surface area contributed by atoms with E-state index in [9.17, 15) is 0 Å². The number of hydrogen-bond acceptors (Lipinski definition) is 1. The largest absolute Gasteiger partial charge is 0.311 e. The second-order valence-corrected chi connectivity index (χ2v) is 4.70. The lowest BCUT2D eigenvalue weighted by atomic mass is 9.91. The molecule has 0 atom stereocenters. The Morgan fingerprint density at radius 1 is 1.36 bits per heavy atom. The molecule has 0 heterocycles. The summed E-state index contributed by atoms with van der Waals surface area (Å²) in [5.41, 5.74) is 0.322. The molecule has 0 bridgehead atoms. The van der Waals surface area contributed by atoms with E-state index < -0.39 is 0 Å². The van der Waals surface area contributed by atoms with E-state index in [2.05, 4.69) is 33.0 Å². The average Bonchev–Trinajstić information content (AvgIpc) is 2.65. The second-order valence-electron chi connectivity index (χ2n) is 4.70. The lowest BCUT2D eigenvalue weighted by Gasteiger charge is -2.30. The van der Waals surface area contributed by atoms with Crippen molar-refractivity contribution in [1.29, 1.82) is 0 Å². The number of hydrogen-bond donors (Lipinski definition) is 1. The molecule has 0 unspecified atom stereocenters. The summed E-state index contributed by atoms with van der Waals surface area (Å²) >= 11 is 0. The molecular formula is C10H21N. The fraction of sp³-hybridized carbons (Fsp3) is 1.00. The van der Waals surface area contributed by atoms with Crippen molar-refractivity contribution in [3.8, 4) is 0 Å². The molecule has 0 amide bonds. The normalized spacial score (nSPS) is 19.4. The zero-order chi connectivity index (χ0) is 8.48. The molecule has 0 spiro atoms. The lowest BCUT2D eigenvalue weighted by Crippen LogP contribution is -2.44. The van der Waals surface area contributed by atoms with Crippen LogP contribution in [0.2, 0.25) is 0 Å². The van der Waals surface area contributed by atoms with Gasteiger partial charge in [0.15, 0.2) is 0 Å². The van der Waals surface area contributed by atoms with Crippen LogP contribution in [0, 0.1) is 11.8 Å². The summed E-state index contributed by atoms with van der Waals surface area (Å²) in [5.74, 6) is 1.72. The van der Waals surface area contributed by atoms with E-state index >= 15 is 0 Å². The summed E-state index contributed by atoms with van der Waals surface area (Å²) in [6.45, 7) is 10.4. The molecule has 1 aliphatic rings. The van der Waals surface area contributed by atoms with Gasteiger partial charge >= 0.3 is 0 Å². The summed E-state index contributed by atoms with van der Waals surface area (Å²) in [6, 6.07) is 0. The molecule has 0 aromatic rings. The van der Waals surface area contributed by atoms with Crippen LogP contribution in [-0.2, 0) is 0 Å². The summed E-state index contributed by atoms with van der Waals surface area (Å²) in [6.07, 6.45) is 2.89. The first-order valence-corrected chi connectivity index (χ1v) is 4.77. The summed E-state index contributed by atoms with van der Waals surface area (Å²) in [7, 11) is 0. The van der Waals surface area contributed by atoms with E-state index in [0.717, 1.165) is 11.8 Å². The topological polar surface area (TPSA) is 12.0 Å². The third kappa shape index (κ3) is 2.82. The molecule has 1 fully saturated rings. The Bertz CT molecular complexity index is 123. The molecule has 0 saturated heterocycles. The van der Waals surface area contributed by atoms with Crippen molar-refractivity contribution in [2.24, 2.45) is 11.8 Å². The van der Waals surface area contributed by atoms with Crippen LogP contribution >= 0.6 is 0 Å². The minimum Gasteiger partial charge on any atom is -0.311 e. The number of nitrogens with one attached hydrogen (secondary N) is 1. The highest BCUT2D eigenvalue weighted by atomic mass is 15.0. The molecule has 11 heavy (non-hydrogen) atoms. The molecule has 1 N–H and O–H groups in total. The minimum atomic E-state index is 0.322. The Morgan fingerprint density at radius 3 is 2.27 bits per heavy atom. The zero-order valence-electron chi connectivity index (χ0n) is 8.28. The SMILES string of the molecule is CC(C)C(C)(C)NCC1CC1. The monoisotopic (exact) mass is 155 g/mol. The van der Waals surface area contributed by atoms with Crippen LogP contribution in [0.1, 0.15) is 40.5 Å². The summed E-state index contributed by atoms with van der Waals surface area (Å²) < 4.78 is 0. The van der Waals surface area contributed by atoms with E-state index in [4.69, 9.17) is 0 Å². The van der Waals surface area contributed by atoms with Crippen LogP contribution in [0.15, 0.2) is 0 Å². The van der Waals surface area contributed by atoms with Gasteiger partial charge in [0.1, 0.15) is 0 Å². The van der Waals surface area contributed by atoms with Gasteiger partial charge < -0.3 is 5.32 Å². The summed E-state index contributed by atoms with van der Waals surface area (Å²) in [4.78, 5) is 0. The smallest absolute Gasteiger partial charge is 0.0148 e. The molecule has 1 saturated carbocycles. The van der Waals surface area contributed by atoms with Crippen molar-refractivity contribution >= 4 is 0 Å². The van der Waals surface area contributed by atoms with Gasteiger partial charge in [-0.25, -0.2) is 0 Å². The van der Waals surface area contributed by atoms with Crippen molar-refractivity contribution in [2.45, 2.75) is 46.1 Å². The maximum atomic E-state index is 3.62. The highest BCUT2D eigenvalue weighted by Gasteiger charge is 2.26. The molecule has 0 aliphatic heterocycles. The molecule has 1 rings (SSSR count). The molecule has 1 nitrogen and oxygen atoms in total. The van der Waals surface area contributed by atoms with Gasteiger partial charge in [0, 0.05) is 5.54 Å². The second kappa shape index (κ2) is 3.14. The molecule has 0 aromatic carbocycles. The van der Waals surface area contributed by atoms with Crippen molar-refractivity contribution < 1.29 is 0 Å². The van der Waals surface area contributed by atoms with Crippen LogP contribution in [0.5, 0.6) is 0 Å². The maximum Gasteiger partial charge on any atom is 0.0148 e. The van der Waals surface area contributed by atoms with E-state index in [1.54, 1.807) is 0 Å². The standard InChI is InChI=1S/C10H21N/c1-8(2)10(3,4)11-7-9-5-6-9/h8-9,11H,5-7H2,1-4H3. The van der Waals surface area contributed by atoms with E-state index in [1.807, 2.05) is 0 Å². The van der Waals surface area contributed by atoms with Crippen molar-refractivity contribution in [2.75, 3.05) is 6.54 Å². The highest BCUT2D eigenvalue weighted by Crippen LogP contribution is 2.29. The fourth-order valence-electron chi connectivity index (χ4n) is 0.933. The quantitative estimate of drug-likeness (QED) is 0.657. The molecular weight excluding hydrogens is 134 g/mol. The van der Waals surface area contributed by atoms with E-state index in [0.29, 0.717) is 5.54 Å². The van der Waals surface area contributed by atoms with Crippen molar-refractivity contribution in [3.63, 3.8) is 0 Å². The van der Waals surface area contributed by atoms with Gasteiger partial charge in [0.05, 0.1) is 0 Å². The lowest BCUT2D eigenvalue weighted by molar-refractivity contribution is 0.284.